The molecule has 3 rings (SSSR count). The maximum absolute atomic E-state index is 12.6. The minimum absolute atomic E-state index is 0.251. The van der Waals surface area contributed by atoms with Gasteiger partial charge in [-0.3, -0.25) is 14.8 Å². The van der Waals surface area contributed by atoms with Gasteiger partial charge in [-0.25, -0.2) is 4.79 Å². The third-order valence-electron chi connectivity index (χ3n) is 5.25. The SMILES string of the molecule is CN(C)CCC(NC(=O)NCCc1ccncc1)c1ccc(C(=O)Nc2ccccc2N)nc1. The lowest BCUT2D eigenvalue weighted by molar-refractivity contribution is 0.102. The fraction of sp³-hybridized carbons (Fsp3) is 0.280. The third-order valence-corrected chi connectivity index (χ3v) is 5.25. The summed E-state index contributed by atoms with van der Waals surface area (Å²) in [6, 6.07) is 13.9. The summed E-state index contributed by atoms with van der Waals surface area (Å²) >= 11 is 0. The molecule has 34 heavy (non-hydrogen) atoms. The average molecular weight is 462 g/mol. The van der Waals surface area contributed by atoms with Gasteiger partial charge >= 0.3 is 6.03 Å². The highest BCUT2D eigenvalue weighted by atomic mass is 16.2. The molecular formula is C25H31N7O2. The number of nitrogens with one attached hydrogen (secondary N) is 3. The van der Waals surface area contributed by atoms with Crippen LogP contribution in [-0.4, -0.2) is 54.0 Å². The van der Waals surface area contributed by atoms with Crippen LogP contribution in [0.4, 0.5) is 16.2 Å². The summed E-state index contributed by atoms with van der Waals surface area (Å²) in [4.78, 5) is 35.4. The first kappa shape index (κ1) is 24.7. The van der Waals surface area contributed by atoms with E-state index in [0.29, 0.717) is 24.3 Å². The molecule has 3 aromatic rings. The van der Waals surface area contributed by atoms with Crippen LogP contribution in [0.25, 0.3) is 0 Å². The van der Waals surface area contributed by atoms with Crippen molar-refractivity contribution < 1.29 is 9.59 Å². The number of nitrogens with two attached hydrogens (primary N) is 1. The Balaban J connectivity index is 1.61. The Morgan fingerprint density at radius 3 is 2.50 bits per heavy atom. The number of pyridine rings is 2. The number of carbonyl (C=O) groups excluding carboxylic acids is 2. The van der Waals surface area contributed by atoms with Gasteiger partial charge in [0.25, 0.3) is 5.91 Å². The first-order valence-corrected chi connectivity index (χ1v) is 11.1. The number of hydrogen-bond acceptors (Lipinski definition) is 6. The van der Waals surface area contributed by atoms with Crippen LogP contribution in [0.1, 0.15) is 34.1 Å². The van der Waals surface area contributed by atoms with Gasteiger partial charge in [-0.05, 0) is 74.9 Å². The van der Waals surface area contributed by atoms with E-state index in [2.05, 4.69) is 30.8 Å². The number of rotatable bonds is 10. The fourth-order valence-corrected chi connectivity index (χ4v) is 3.33. The molecule has 178 valence electrons. The quantitative estimate of drug-likeness (QED) is 0.344. The topological polar surface area (TPSA) is 125 Å². The molecule has 5 N–H and O–H groups in total. The Morgan fingerprint density at radius 2 is 1.82 bits per heavy atom. The largest absolute Gasteiger partial charge is 0.397 e. The molecule has 9 heteroatoms. The summed E-state index contributed by atoms with van der Waals surface area (Å²) in [5, 5.41) is 8.69. The minimum atomic E-state index is -0.351. The van der Waals surface area contributed by atoms with Gasteiger partial charge in [0.2, 0.25) is 0 Å². The molecule has 0 radical (unpaired) electrons. The second-order valence-corrected chi connectivity index (χ2v) is 8.17. The summed E-state index contributed by atoms with van der Waals surface area (Å²) in [5.41, 5.74) is 9.10. The van der Waals surface area contributed by atoms with E-state index in [1.165, 1.54) is 0 Å². The maximum atomic E-state index is 12.6. The van der Waals surface area contributed by atoms with E-state index in [1.807, 2.05) is 32.3 Å². The van der Waals surface area contributed by atoms with Crippen molar-refractivity contribution in [3.05, 3.63) is 83.9 Å². The fourth-order valence-electron chi connectivity index (χ4n) is 3.33. The van der Waals surface area contributed by atoms with Crippen molar-refractivity contribution in [1.82, 2.24) is 25.5 Å². The molecule has 0 saturated heterocycles. The lowest BCUT2D eigenvalue weighted by Crippen LogP contribution is -2.39. The zero-order valence-electron chi connectivity index (χ0n) is 19.5. The van der Waals surface area contributed by atoms with Crippen molar-refractivity contribution in [2.75, 3.05) is 38.2 Å². The van der Waals surface area contributed by atoms with Gasteiger partial charge in [-0.2, -0.15) is 0 Å². The molecule has 1 atom stereocenters. The van der Waals surface area contributed by atoms with Gasteiger partial charge in [0.1, 0.15) is 5.69 Å². The molecule has 0 saturated carbocycles. The van der Waals surface area contributed by atoms with Gasteiger partial charge in [0.15, 0.2) is 0 Å². The zero-order chi connectivity index (χ0) is 24.3. The third kappa shape index (κ3) is 7.56. The molecule has 0 bridgehead atoms. The van der Waals surface area contributed by atoms with E-state index >= 15 is 0 Å². The summed E-state index contributed by atoms with van der Waals surface area (Å²) in [5.74, 6) is -0.351. The molecule has 0 aliphatic rings. The molecule has 2 aromatic heterocycles. The first-order chi connectivity index (χ1) is 16.4. The van der Waals surface area contributed by atoms with E-state index in [4.69, 9.17) is 5.73 Å². The highest BCUT2D eigenvalue weighted by molar-refractivity contribution is 6.04. The van der Waals surface area contributed by atoms with Gasteiger partial charge in [-0.1, -0.05) is 18.2 Å². The number of para-hydroxylation sites is 2. The number of urea groups is 1. The normalized spacial score (nSPS) is 11.6. The Kier molecular flexibility index (Phi) is 8.93. The van der Waals surface area contributed by atoms with Crippen LogP contribution < -0.4 is 21.7 Å². The standard InChI is InChI=1S/C25H31N7O2/c1-32(2)16-12-21(31-25(34)28-15-11-18-9-13-27-14-10-18)19-7-8-23(29-17-19)24(33)30-22-6-4-3-5-20(22)26/h3-10,13-14,17,21H,11-12,15-16,26H2,1-2H3,(H,30,33)(H2,28,31,34). The van der Waals surface area contributed by atoms with E-state index in [0.717, 1.165) is 24.1 Å². The molecule has 0 aliphatic heterocycles. The van der Waals surface area contributed by atoms with Gasteiger partial charge in [0.05, 0.1) is 17.4 Å². The lowest BCUT2D eigenvalue weighted by atomic mass is 10.1. The molecule has 1 aromatic carbocycles. The van der Waals surface area contributed by atoms with Crippen LogP contribution in [0.3, 0.4) is 0 Å². The van der Waals surface area contributed by atoms with Crippen LogP contribution >= 0.6 is 0 Å². The molecule has 1 unspecified atom stereocenters. The predicted molar refractivity (Wildman–Crippen MR) is 133 cm³/mol. The van der Waals surface area contributed by atoms with Crippen molar-refractivity contribution in [3.8, 4) is 0 Å². The van der Waals surface area contributed by atoms with Crippen LogP contribution in [0.2, 0.25) is 0 Å². The molecule has 0 fully saturated rings. The number of nitrogens with zero attached hydrogens (tertiary/aromatic N) is 3. The number of nitrogen functional groups attached to an aromatic ring is 1. The smallest absolute Gasteiger partial charge is 0.315 e. The van der Waals surface area contributed by atoms with Crippen molar-refractivity contribution >= 4 is 23.3 Å². The van der Waals surface area contributed by atoms with Gasteiger partial charge in [-0.15, -0.1) is 0 Å². The van der Waals surface area contributed by atoms with E-state index in [1.54, 1.807) is 48.9 Å². The van der Waals surface area contributed by atoms with Crippen LogP contribution in [0, 0.1) is 0 Å². The minimum Gasteiger partial charge on any atom is -0.397 e. The second-order valence-electron chi connectivity index (χ2n) is 8.17. The second kappa shape index (κ2) is 12.3. The average Bonchev–Trinajstić information content (AvgIpc) is 2.84. The van der Waals surface area contributed by atoms with Gasteiger partial charge < -0.3 is 26.6 Å². The van der Waals surface area contributed by atoms with Gasteiger partial charge in [0, 0.05) is 25.1 Å². The number of aromatic nitrogens is 2. The van der Waals surface area contributed by atoms with Crippen LogP contribution in [-0.2, 0) is 6.42 Å². The molecule has 0 spiro atoms. The molecule has 9 nitrogen and oxygen atoms in total. The van der Waals surface area contributed by atoms with Crippen molar-refractivity contribution in [2.24, 2.45) is 0 Å². The number of benzene rings is 1. The molecule has 2 heterocycles. The highest BCUT2D eigenvalue weighted by Gasteiger charge is 2.17. The number of hydrogen-bond donors (Lipinski definition) is 4. The van der Waals surface area contributed by atoms with E-state index in [9.17, 15) is 9.59 Å². The Hall–Kier alpha value is -3.98. The maximum Gasteiger partial charge on any atom is 0.315 e. The van der Waals surface area contributed by atoms with Crippen molar-refractivity contribution in [1.29, 1.82) is 0 Å². The molecule has 3 amide bonds. The Labute approximate surface area is 199 Å². The number of anilines is 2. The number of amides is 3. The predicted octanol–water partition coefficient (Wildman–Crippen LogP) is 2.85. The van der Waals surface area contributed by atoms with E-state index < -0.39 is 0 Å². The van der Waals surface area contributed by atoms with Crippen LogP contribution in [0.5, 0.6) is 0 Å². The zero-order valence-corrected chi connectivity index (χ0v) is 19.5. The Bertz CT molecular complexity index is 1070. The van der Waals surface area contributed by atoms with Crippen molar-refractivity contribution in [2.45, 2.75) is 18.9 Å². The summed E-state index contributed by atoms with van der Waals surface area (Å²) in [7, 11) is 3.96. The van der Waals surface area contributed by atoms with E-state index in [-0.39, 0.29) is 23.7 Å². The number of carbonyl (C=O) groups is 2. The lowest BCUT2D eigenvalue weighted by Gasteiger charge is -2.21. The highest BCUT2D eigenvalue weighted by Crippen LogP contribution is 2.19. The molecular weight excluding hydrogens is 430 g/mol. The Morgan fingerprint density at radius 1 is 1.06 bits per heavy atom. The van der Waals surface area contributed by atoms with Crippen molar-refractivity contribution in [3.63, 3.8) is 0 Å². The summed E-state index contributed by atoms with van der Waals surface area (Å²) < 4.78 is 0. The summed E-state index contributed by atoms with van der Waals surface area (Å²) in [6.45, 7) is 1.29. The first-order valence-electron chi connectivity index (χ1n) is 11.1. The molecule has 0 aliphatic carbocycles. The van der Waals surface area contributed by atoms with Crippen LogP contribution in [0.15, 0.2) is 67.1 Å². The monoisotopic (exact) mass is 461 g/mol. The summed E-state index contributed by atoms with van der Waals surface area (Å²) in [6.07, 6.45) is 6.51.